The summed E-state index contributed by atoms with van der Waals surface area (Å²) in [6.07, 6.45) is 1.42. The lowest BCUT2D eigenvalue weighted by atomic mass is 10.2. The minimum absolute atomic E-state index is 0.0955. The molecule has 3 nitrogen and oxygen atoms in total. The van der Waals surface area contributed by atoms with Gasteiger partial charge in [0.05, 0.1) is 11.0 Å². The van der Waals surface area contributed by atoms with Crippen molar-refractivity contribution in [3.8, 4) is 0 Å². The van der Waals surface area contributed by atoms with Gasteiger partial charge in [-0.3, -0.25) is 0 Å². The van der Waals surface area contributed by atoms with E-state index in [0.29, 0.717) is 17.9 Å². The van der Waals surface area contributed by atoms with Crippen molar-refractivity contribution >= 4 is 21.4 Å². The third-order valence-corrected chi connectivity index (χ3v) is 5.51. The number of benzene rings is 1. The average Bonchev–Trinajstić information content (AvgIpc) is 2.29. The number of rotatable bonds is 3. The van der Waals surface area contributed by atoms with Crippen LogP contribution in [0.15, 0.2) is 24.3 Å². The number of sulfone groups is 1. The maximum Gasteiger partial charge on any atom is 0.157 e. The average molecular weight is 274 g/mol. The van der Waals surface area contributed by atoms with Gasteiger partial charge in [0.2, 0.25) is 0 Å². The van der Waals surface area contributed by atoms with E-state index < -0.39 is 9.84 Å². The number of nitrogens with one attached hydrogen (secondary N) is 1. The summed E-state index contributed by atoms with van der Waals surface area (Å²) >= 11 is 5.85. The van der Waals surface area contributed by atoms with Crippen molar-refractivity contribution in [3.05, 3.63) is 34.9 Å². The standard InChI is InChI=1S/C12H16ClNO2S/c13-11-3-1-2-10(8-11)9-17(15,16)12-4-6-14-7-5-12/h1-3,8,12,14H,4-7,9H2. The molecule has 2 rings (SSSR count). The van der Waals surface area contributed by atoms with Gasteiger partial charge in [-0.25, -0.2) is 8.42 Å². The first-order valence-electron chi connectivity index (χ1n) is 5.75. The van der Waals surface area contributed by atoms with Gasteiger partial charge in [0, 0.05) is 5.02 Å². The van der Waals surface area contributed by atoms with Crippen LogP contribution in [0.4, 0.5) is 0 Å². The van der Waals surface area contributed by atoms with Crippen molar-refractivity contribution in [2.75, 3.05) is 13.1 Å². The van der Waals surface area contributed by atoms with E-state index in [1.54, 1.807) is 18.2 Å². The van der Waals surface area contributed by atoms with Gasteiger partial charge >= 0.3 is 0 Å². The molecule has 1 N–H and O–H groups in total. The fraction of sp³-hybridized carbons (Fsp3) is 0.500. The highest BCUT2D eigenvalue weighted by atomic mass is 35.5. The van der Waals surface area contributed by atoms with E-state index in [4.69, 9.17) is 11.6 Å². The van der Waals surface area contributed by atoms with Gasteiger partial charge in [0.25, 0.3) is 0 Å². The molecule has 1 aliphatic rings. The molecule has 0 atom stereocenters. The minimum Gasteiger partial charge on any atom is -0.317 e. The first-order valence-corrected chi connectivity index (χ1v) is 7.84. The molecule has 0 spiro atoms. The Bertz CT molecular complexity index is 481. The van der Waals surface area contributed by atoms with Crippen molar-refractivity contribution in [1.29, 1.82) is 0 Å². The maximum atomic E-state index is 12.2. The van der Waals surface area contributed by atoms with Crippen LogP contribution in [-0.2, 0) is 15.6 Å². The number of piperidine rings is 1. The summed E-state index contributed by atoms with van der Waals surface area (Å²) < 4.78 is 24.4. The van der Waals surface area contributed by atoms with Crippen molar-refractivity contribution in [2.24, 2.45) is 0 Å². The molecule has 94 valence electrons. The molecule has 1 aromatic rings. The molecule has 17 heavy (non-hydrogen) atoms. The predicted octanol–water partition coefficient (Wildman–Crippen LogP) is 2.01. The Labute approximate surface area is 107 Å². The molecular weight excluding hydrogens is 258 g/mol. The molecule has 5 heteroatoms. The topological polar surface area (TPSA) is 46.2 Å². The van der Waals surface area contributed by atoms with Gasteiger partial charge in [-0.05, 0) is 43.6 Å². The summed E-state index contributed by atoms with van der Waals surface area (Å²) in [6.45, 7) is 1.58. The second-order valence-electron chi connectivity index (χ2n) is 4.39. The smallest absolute Gasteiger partial charge is 0.157 e. The van der Waals surface area contributed by atoms with Crippen molar-refractivity contribution < 1.29 is 8.42 Å². The van der Waals surface area contributed by atoms with Crippen LogP contribution in [0.5, 0.6) is 0 Å². The SMILES string of the molecule is O=S(=O)(Cc1cccc(Cl)c1)C1CCNCC1. The van der Waals surface area contributed by atoms with Crippen LogP contribution in [0.1, 0.15) is 18.4 Å². The van der Waals surface area contributed by atoms with Gasteiger partial charge in [-0.1, -0.05) is 23.7 Å². The van der Waals surface area contributed by atoms with E-state index in [0.717, 1.165) is 18.7 Å². The molecule has 1 saturated heterocycles. The number of hydrogen-bond donors (Lipinski definition) is 1. The van der Waals surface area contributed by atoms with Crippen molar-refractivity contribution in [1.82, 2.24) is 5.32 Å². The van der Waals surface area contributed by atoms with E-state index in [1.165, 1.54) is 0 Å². The summed E-state index contributed by atoms with van der Waals surface area (Å²) in [5.74, 6) is 0.0955. The van der Waals surface area contributed by atoms with Gasteiger partial charge in [0.1, 0.15) is 0 Å². The molecule has 0 unspecified atom stereocenters. The van der Waals surface area contributed by atoms with E-state index in [2.05, 4.69) is 5.32 Å². The Morgan fingerprint density at radius 2 is 2.00 bits per heavy atom. The third-order valence-electron chi connectivity index (χ3n) is 3.05. The molecule has 1 aromatic carbocycles. The van der Waals surface area contributed by atoms with Crippen LogP contribution in [-0.4, -0.2) is 26.8 Å². The fourth-order valence-corrected chi connectivity index (χ4v) is 4.18. The van der Waals surface area contributed by atoms with Gasteiger partial charge in [0.15, 0.2) is 9.84 Å². The monoisotopic (exact) mass is 273 g/mol. The highest BCUT2D eigenvalue weighted by molar-refractivity contribution is 7.91. The lowest BCUT2D eigenvalue weighted by molar-refractivity contribution is 0.496. The molecule has 0 aromatic heterocycles. The summed E-state index contributed by atoms with van der Waals surface area (Å²) in [5.41, 5.74) is 0.774. The predicted molar refractivity (Wildman–Crippen MR) is 70.0 cm³/mol. The zero-order valence-electron chi connectivity index (χ0n) is 9.52. The Hall–Kier alpha value is -0.580. The lowest BCUT2D eigenvalue weighted by Crippen LogP contribution is -2.36. The molecule has 0 saturated carbocycles. The van der Waals surface area contributed by atoms with Gasteiger partial charge in [-0.2, -0.15) is 0 Å². The minimum atomic E-state index is -3.05. The third kappa shape index (κ3) is 3.44. The first-order chi connectivity index (χ1) is 8.08. The zero-order chi connectivity index (χ0) is 12.3. The van der Waals surface area contributed by atoms with E-state index >= 15 is 0 Å². The van der Waals surface area contributed by atoms with Crippen LogP contribution in [0.3, 0.4) is 0 Å². The highest BCUT2D eigenvalue weighted by Gasteiger charge is 2.27. The Morgan fingerprint density at radius 3 is 2.65 bits per heavy atom. The Kier molecular flexibility index (Phi) is 4.07. The van der Waals surface area contributed by atoms with E-state index in [9.17, 15) is 8.42 Å². The van der Waals surface area contributed by atoms with Crippen LogP contribution >= 0.6 is 11.6 Å². The Morgan fingerprint density at radius 1 is 1.29 bits per heavy atom. The molecule has 1 fully saturated rings. The largest absolute Gasteiger partial charge is 0.317 e. The molecular formula is C12H16ClNO2S. The summed E-state index contributed by atoms with van der Waals surface area (Å²) in [7, 11) is -3.05. The fourth-order valence-electron chi connectivity index (χ4n) is 2.13. The molecule has 0 aliphatic carbocycles. The van der Waals surface area contributed by atoms with Crippen LogP contribution < -0.4 is 5.32 Å². The van der Waals surface area contributed by atoms with Gasteiger partial charge in [-0.15, -0.1) is 0 Å². The highest BCUT2D eigenvalue weighted by Crippen LogP contribution is 2.20. The van der Waals surface area contributed by atoms with Crippen molar-refractivity contribution in [3.63, 3.8) is 0 Å². The lowest BCUT2D eigenvalue weighted by Gasteiger charge is -2.22. The Balaban J connectivity index is 2.11. The molecule has 0 bridgehead atoms. The number of halogens is 1. The summed E-state index contributed by atoms with van der Waals surface area (Å²) in [4.78, 5) is 0. The zero-order valence-corrected chi connectivity index (χ0v) is 11.1. The quantitative estimate of drug-likeness (QED) is 0.916. The second kappa shape index (κ2) is 5.38. The summed E-state index contributed by atoms with van der Waals surface area (Å²) in [6, 6.07) is 7.07. The molecule has 1 aliphatic heterocycles. The van der Waals surface area contributed by atoms with Crippen LogP contribution in [0.25, 0.3) is 0 Å². The summed E-state index contributed by atoms with van der Waals surface area (Å²) in [5, 5.41) is 3.55. The van der Waals surface area contributed by atoms with E-state index in [-0.39, 0.29) is 11.0 Å². The first kappa shape index (κ1) is 12.9. The van der Waals surface area contributed by atoms with E-state index in [1.807, 2.05) is 6.07 Å². The molecule has 1 heterocycles. The molecule has 0 radical (unpaired) electrons. The normalized spacial score (nSPS) is 18.2. The molecule has 0 amide bonds. The van der Waals surface area contributed by atoms with Crippen molar-refractivity contribution in [2.45, 2.75) is 23.8 Å². The number of hydrogen-bond acceptors (Lipinski definition) is 3. The second-order valence-corrected chi connectivity index (χ2v) is 7.10. The van der Waals surface area contributed by atoms with Crippen LogP contribution in [0.2, 0.25) is 5.02 Å². The van der Waals surface area contributed by atoms with Gasteiger partial charge < -0.3 is 5.32 Å². The van der Waals surface area contributed by atoms with Crippen LogP contribution in [0, 0.1) is 0 Å². The maximum absolute atomic E-state index is 12.2.